The lowest BCUT2D eigenvalue weighted by molar-refractivity contribution is -0.120. The Morgan fingerprint density at radius 2 is 1.89 bits per heavy atom. The fourth-order valence-corrected chi connectivity index (χ4v) is 2.47. The van der Waals surface area contributed by atoms with Crippen LogP contribution in [0.4, 0.5) is 5.69 Å². The summed E-state index contributed by atoms with van der Waals surface area (Å²) in [6, 6.07) is 6.34. The number of benzene rings is 1. The van der Waals surface area contributed by atoms with Crippen LogP contribution in [0.3, 0.4) is 0 Å². The van der Waals surface area contributed by atoms with Gasteiger partial charge in [-0.1, -0.05) is 26.0 Å². The number of nitrogens with two attached hydrogens (primary N) is 1. The summed E-state index contributed by atoms with van der Waals surface area (Å²) in [6.45, 7) is 4.97. The van der Waals surface area contributed by atoms with Crippen molar-refractivity contribution in [3.8, 4) is 0 Å². The van der Waals surface area contributed by atoms with Crippen LogP contribution in [0.1, 0.15) is 27.2 Å². The Morgan fingerprint density at radius 3 is 2.42 bits per heavy atom. The van der Waals surface area contributed by atoms with E-state index in [4.69, 9.17) is 5.73 Å². The van der Waals surface area contributed by atoms with Crippen LogP contribution >= 0.6 is 0 Å². The topological polar surface area (TPSA) is 89.3 Å². The van der Waals surface area contributed by atoms with Gasteiger partial charge in [-0.25, -0.2) is 8.42 Å². The summed E-state index contributed by atoms with van der Waals surface area (Å²) >= 11 is 0. The standard InChI is InChI=1S/C13H20N2O3S/c1-4-13(3,14)12(16)15-10-8-6-7-9-11(10)19(17,18)5-2/h6-9H,4-5,14H2,1-3H3,(H,15,16). The van der Waals surface area contributed by atoms with E-state index in [-0.39, 0.29) is 16.3 Å². The molecule has 0 saturated heterocycles. The van der Waals surface area contributed by atoms with Crippen molar-refractivity contribution in [3.63, 3.8) is 0 Å². The molecule has 1 aromatic rings. The van der Waals surface area contributed by atoms with Crippen molar-refractivity contribution in [2.45, 2.75) is 37.6 Å². The summed E-state index contributed by atoms with van der Waals surface area (Å²) in [5, 5.41) is 2.60. The van der Waals surface area contributed by atoms with Crippen molar-refractivity contribution in [2.24, 2.45) is 5.73 Å². The zero-order valence-corrected chi connectivity index (χ0v) is 12.3. The number of rotatable bonds is 5. The lowest BCUT2D eigenvalue weighted by atomic mass is 9.99. The van der Waals surface area contributed by atoms with Gasteiger partial charge in [0.25, 0.3) is 0 Å². The fraction of sp³-hybridized carbons (Fsp3) is 0.462. The number of carbonyl (C=O) groups excluding carboxylic acids is 1. The maximum Gasteiger partial charge on any atom is 0.244 e. The predicted octanol–water partition coefficient (Wildman–Crippen LogP) is 1.55. The van der Waals surface area contributed by atoms with E-state index in [1.165, 1.54) is 6.07 Å². The number of hydrogen-bond acceptors (Lipinski definition) is 4. The molecule has 19 heavy (non-hydrogen) atoms. The molecule has 0 fully saturated rings. The number of anilines is 1. The van der Waals surface area contributed by atoms with Gasteiger partial charge in [-0.2, -0.15) is 0 Å². The Balaban J connectivity index is 3.14. The van der Waals surface area contributed by atoms with Gasteiger partial charge >= 0.3 is 0 Å². The molecule has 0 aliphatic heterocycles. The van der Waals surface area contributed by atoms with Crippen LogP contribution in [-0.2, 0) is 14.6 Å². The molecule has 3 N–H and O–H groups in total. The van der Waals surface area contributed by atoms with Gasteiger partial charge in [-0.05, 0) is 25.5 Å². The number of nitrogens with one attached hydrogen (secondary N) is 1. The molecular formula is C13H20N2O3S. The quantitative estimate of drug-likeness (QED) is 0.858. The van der Waals surface area contributed by atoms with Crippen molar-refractivity contribution < 1.29 is 13.2 Å². The first kappa shape index (κ1) is 15.7. The van der Waals surface area contributed by atoms with E-state index in [1.54, 1.807) is 39.0 Å². The number of carbonyl (C=O) groups is 1. The highest BCUT2D eigenvalue weighted by Crippen LogP contribution is 2.23. The first-order chi connectivity index (χ1) is 8.74. The molecule has 0 aliphatic rings. The molecule has 6 heteroatoms. The summed E-state index contributed by atoms with van der Waals surface area (Å²) in [5.41, 5.74) is 5.09. The molecule has 0 spiro atoms. The van der Waals surface area contributed by atoms with Gasteiger partial charge in [0.2, 0.25) is 5.91 Å². The van der Waals surface area contributed by atoms with Gasteiger partial charge in [0.1, 0.15) is 0 Å². The molecule has 0 heterocycles. The van der Waals surface area contributed by atoms with Crippen LogP contribution in [0.25, 0.3) is 0 Å². The monoisotopic (exact) mass is 284 g/mol. The molecule has 0 saturated carbocycles. The Kier molecular flexibility index (Phi) is 4.70. The molecule has 1 atom stereocenters. The molecule has 1 unspecified atom stereocenters. The largest absolute Gasteiger partial charge is 0.323 e. The normalized spacial score (nSPS) is 14.7. The smallest absolute Gasteiger partial charge is 0.244 e. The lowest BCUT2D eigenvalue weighted by Crippen LogP contribution is -2.47. The van der Waals surface area contributed by atoms with Gasteiger partial charge in [-0.15, -0.1) is 0 Å². The van der Waals surface area contributed by atoms with Crippen molar-refractivity contribution in [3.05, 3.63) is 24.3 Å². The maximum absolute atomic E-state index is 12.0. The van der Waals surface area contributed by atoms with Crippen LogP contribution < -0.4 is 11.1 Å². The Hall–Kier alpha value is -1.40. The van der Waals surface area contributed by atoms with Crippen LogP contribution in [0.2, 0.25) is 0 Å². The Morgan fingerprint density at radius 1 is 1.32 bits per heavy atom. The summed E-state index contributed by atoms with van der Waals surface area (Å²) in [5.74, 6) is -0.415. The molecule has 106 valence electrons. The average molecular weight is 284 g/mol. The Bertz CT molecular complexity index is 565. The minimum atomic E-state index is -3.38. The SMILES string of the molecule is CCC(C)(N)C(=O)Nc1ccccc1S(=O)(=O)CC. The molecule has 1 amide bonds. The second-order valence-corrected chi connectivity index (χ2v) is 6.87. The van der Waals surface area contributed by atoms with Crippen LogP contribution in [-0.4, -0.2) is 25.6 Å². The van der Waals surface area contributed by atoms with Crippen molar-refractivity contribution >= 4 is 21.4 Å². The Labute approximate surface area is 114 Å². The van der Waals surface area contributed by atoms with Crippen molar-refractivity contribution in [1.29, 1.82) is 0 Å². The molecule has 5 nitrogen and oxygen atoms in total. The minimum Gasteiger partial charge on any atom is -0.323 e. The molecule has 0 aromatic heterocycles. The minimum absolute atomic E-state index is 0.0203. The van der Waals surface area contributed by atoms with E-state index in [0.717, 1.165) is 0 Å². The van der Waals surface area contributed by atoms with Gasteiger partial charge < -0.3 is 11.1 Å². The summed E-state index contributed by atoms with van der Waals surface area (Å²) in [6.07, 6.45) is 0.460. The highest BCUT2D eigenvalue weighted by molar-refractivity contribution is 7.91. The third kappa shape index (κ3) is 3.54. The fourth-order valence-electron chi connectivity index (χ4n) is 1.42. The third-order valence-electron chi connectivity index (χ3n) is 3.10. The lowest BCUT2D eigenvalue weighted by Gasteiger charge is -2.22. The molecular weight excluding hydrogens is 264 g/mol. The maximum atomic E-state index is 12.0. The van der Waals surface area contributed by atoms with Gasteiger partial charge in [0.05, 0.1) is 21.9 Å². The van der Waals surface area contributed by atoms with E-state index in [1.807, 2.05) is 0 Å². The predicted molar refractivity (Wildman–Crippen MR) is 75.7 cm³/mol. The number of sulfone groups is 1. The first-order valence-electron chi connectivity index (χ1n) is 6.16. The van der Waals surface area contributed by atoms with E-state index in [0.29, 0.717) is 6.42 Å². The zero-order valence-electron chi connectivity index (χ0n) is 11.4. The number of amides is 1. The van der Waals surface area contributed by atoms with Gasteiger partial charge in [0.15, 0.2) is 9.84 Å². The highest BCUT2D eigenvalue weighted by Gasteiger charge is 2.27. The summed E-state index contributed by atoms with van der Waals surface area (Å²) < 4.78 is 23.9. The number of hydrogen-bond donors (Lipinski definition) is 2. The third-order valence-corrected chi connectivity index (χ3v) is 4.89. The van der Waals surface area contributed by atoms with Gasteiger partial charge in [-0.3, -0.25) is 4.79 Å². The molecule has 0 bridgehead atoms. The average Bonchev–Trinajstić information content (AvgIpc) is 2.39. The summed E-state index contributed by atoms with van der Waals surface area (Å²) in [7, 11) is -3.38. The highest BCUT2D eigenvalue weighted by atomic mass is 32.2. The second kappa shape index (κ2) is 5.71. The van der Waals surface area contributed by atoms with E-state index >= 15 is 0 Å². The van der Waals surface area contributed by atoms with E-state index < -0.39 is 21.3 Å². The molecule has 1 aromatic carbocycles. The van der Waals surface area contributed by atoms with Gasteiger partial charge in [0, 0.05) is 0 Å². The molecule has 0 radical (unpaired) electrons. The van der Waals surface area contributed by atoms with Crippen LogP contribution in [0, 0.1) is 0 Å². The second-order valence-electron chi connectivity index (χ2n) is 4.62. The first-order valence-corrected chi connectivity index (χ1v) is 7.82. The molecule has 1 rings (SSSR count). The van der Waals surface area contributed by atoms with Crippen molar-refractivity contribution in [2.75, 3.05) is 11.1 Å². The van der Waals surface area contributed by atoms with Crippen LogP contribution in [0.15, 0.2) is 29.2 Å². The summed E-state index contributed by atoms with van der Waals surface area (Å²) in [4.78, 5) is 12.1. The number of para-hydroxylation sites is 1. The van der Waals surface area contributed by atoms with Crippen LogP contribution in [0.5, 0.6) is 0 Å². The molecule has 0 aliphatic carbocycles. The van der Waals surface area contributed by atoms with E-state index in [9.17, 15) is 13.2 Å². The van der Waals surface area contributed by atoms with Crippen molar-refractivity contribution in [1.82, 2.24) is 0 Å². The van der Waals surface area contributed by atoms with E-state index in [2.05, 4.69) is 5.32 Å². The zero-order chi connectivity index (χ0) is 14.7.